The lowest BCUT2D eigenvalue weighted by Gasteiger charge is -2.30. The molecule has 0 rings (SSSR count). The second kappa shape index (κ2) is 15.4. The first-order chi connectivity index (χ1) is 9.84. The highest BCUT2D eigenvalue weighted by molar-refractivity contribution is 5.21. The summed E-state index contributed by atoms with van der Waals surface area (Å²) in [5, 5.41) is 0. The fourth-order valence-electron chi connectivity index (χ4n) is 1.55. The van der Waals surface area contributed by atoms with Crippen molar-refractivity contribution in [1.29, 1.82) is 0 Å². The molecule has 126 valence electrons. The maximum absolute atomic E-state index is 4.08. The third-order valence-electron chi connectivity index (χ3n) is 3.81. The van der Waals surface area contributed by atoms with Crippen LogP contribution in [0.1, 0.15) is 74.7 Å². The van der Waals surface area contributed by atoms with Gasteiger partial charge in [0, 0.05) is 19.3 Å². The number of likely N-dealkylation sites (N-methyl/N-ethyl adjacent to an activating group) is 1. The number of hydrogen-bond acceptors (Lipinski definition) is 1. The molecule has 0 aromatic heterocycles. The summed E-state index contributed by atoms with van der Waals surface area (Å²) in [6.45, 7) is 25.9. The van der Waals surface area contributed by atoms with Crippen molar-refractivity contribution in [3.63, 3.8) is 0 Å². The monoisotopic (exact) mass is 295 g/mol. The number of allylic oxidation sites excluding steroid dienone is 3. The largest absolute Gasteiger partial charge is 0.375 e. The van der Waals surface area contributed by atoms with Crippen LogP contribution < -0.4 is 0 Å². The molecular formula is C20H41N. The third kappa shape index (κ3) is 13.7. The van der Waals surface area contributed by atoms with E-state index in [1.54, 1.807) is 0 Å². The Morgan fingerprint density at radius 3 is 1.76 bits per heavy atom. The molecule has 0 heterocycles. The van der Waals surface area contributed by atoms with Crippen LogP contribution in [0.4, 0.5) is 0 Å². The Hall–Kier alpha value is -0.980. The Balaban J connectivity index is -0.000000739. The lowest BCUT2D eigenvalue weighted by atomic mass is 9.81. The molecule has 0 N–H and O–H groups in total. The molecule has 1 heteroatoms. The first kappa shape index (κ1) is 25.0. The Morgan fingerprint density at radius 1 is 1.00 bits per heavy atom. The molecular weight excluding hydrogens is 254 g/mol. The summed E-state index contributed by atoms with van der Waals surface area (Å²) in [6.07, 6.45) is 7.75. The first-order valence-corrected chi connectivity index (χ1v) is 8.58. The minimum atomic E-state index is 0.465. The Kier molecular flexibility index (Phi) is 18.3. The van der Waals surface area contributed by atoms with Gasteiger partial charge in [0.2, 0.25) is 0 Å². The molecule has 0 amide bonds. The highest BCUT2D eigenvalue weighted by Crippen LogP contribution is 2.29. The molecule has 0 unspecified atom stereocenters. The van der Waals surface area contributed by atoms with E-state index in [9.17, 15) is 0 Å². The maximum atomic E-state index is 4.08. The molecule has 0 aliphatic carbocycles. The molecule has 0 spiro atoms. The van der Waals surface area contributed by atoms with Crippen molar-refractivity contribution in [2.24, 2.45) is 5.41 Å². The second-order valence-electron chi connectivity index (χ2n) is 5.36. The van der Waals surface area contributed by atoms with Crippen LogP contribution in [0.25, 0.3) is 0 Å². The average Bonchev–Trinajstić information content (AvgIpc) is 2.53. The number of rotatable bonds is 8. The molecule has 0 aliphatic rings. The van der Waals surface area contributed by atoms with E-state index >= 15 is 0 Å². The van der Waals surface area contributed by atoms with Gasteiger partial charge in [-0.05, 0) is 24.8 Å². The van der Waals surface area contributed by atoms with Gasteiger partial charge in [-0.25, -0.2) is 0 Å². The van der Waals surface area contributed by atoms with Crippen molar-refractivity contribution >= 4 is 0 Å². The van der Waals surface area contributed by atoms with Crippen molar-refractivity contribution in [3.8, 4) is 0 Å². The van der Waals surface area contributed by atoms with Gasteiger partial charge >= 0.3 is 0 Å². The lowest BCUT2D eigenvalue weighted by Crippen LogP contribution is -2.24. The Morgan fingerprint density at radius 2 is 1.43 bits per heavy atom. The summed E-state index contributed by atoms with van der Waals surface area (Å²) in [4.78, 5) is 2.23. The van der Waals surface area contributed by atoms with Gasteiger partial charge in [-0.1, -0.05) is 86.1 Å². The molecule has 0 saturated heterocycles. The van der Waals surface area contributed by atoms with Crippen molar-refractivity contribution in [2.45, 2.75) is 74.7 Å². The normalized spacial score (nSPS) is 10.1. The molecule has 0 fully saturated rings. The molecule has 1 nitrogen and oxygen atoms in total. The van der Waals surface area contributed by atoms with Gasteiger partial charge in [0.1, 0.15) is 0 Å². The van der Waals surface area contributed by atoms with E-state index in [1.807, 2.05) is 46.8 Å². The molecule has 0 atom stereocenters. The van der Waals surface area contributed by atoms with E-state index in [0.29, 0.717) is 5.41 Å². The highest BCUT2D eigenvalue weighted by Gasteiger charge is 2.19. The van der Waals surface area contributed by atoms with E-state index < -0.39 is 0 Å². The molecule has 0 saturated carbocycles. The fraction of sp³-hybridized carbons (Fsp3) is 0.700. The van der Waals surface area contributed by atoms with Gasteiger partial charge in [0.05, 0.1) is 0 Å². The Labute approximate surface area is 135 Å². The lowest BCUT2D eigenvalue weighted by molar-refractivity contribution is 0.238. The summed E-state index contributed by atoms with van der Waals surface area (Å²) in [5.74, 6) is 0. The topological polar surface area (TPSA) is 3.24 Å². The van der Waals surface area contributed by atoms with E-state index in [-0.39, 0.29) is 0 Å². The van der Waals surface area contributed by atoms with Gasteiger partial charge in [0.15, 0.2) is 0 Å². The SMILES string of the molecule is C=C(C)/C=C\C(=C)N(C)CCC(C)(CC)CC.CC.CC. The third-order valence-corrected chi connectivity index (χ3v) is 3.81. The summed E-state index contributed by atoms with van der Waals surface area (Å²) >= 11 is 0. The average molecular weight is 296 g/mol. The van der Waals surface area contributed by atoms with Crippen molar-refractivity contribution in [3.05, 3.63) is 36.6 Å². The van der Waals surface area contributed by atoms with Crippen molar-refractivity contribution in [2.75, 3.05) is 13.6 Å². The number of hydrogen-bond donors (Lipinski definition) is 0. The fourth-order valence-corrected chi connectivity index (χ4v) is 1.55. The summed E-state index contributed by atoms with van der Waals surface area (Å²) < 4.78 is 0. The predicted octanol–water partition coefficient (Wildman–Crippen LogP) is 6.83. The molecule has 0 radical (unpaired) electrons. The minimum absolute atomic E-state index is 0.465. The molecule has 21 heavy (non-hydrogen) atoms. The first-order valence-electron chi connectivity index (χ1n) is 8.58. The molecule has 0 aromatic carbocycles. The smallest absolute Gasteiger partial charge is 0.0290 e. The minimum Gasteiger partial charge on any atom is -0.375 e. The second-order valence-corrected chi connectivity index (χ2v) is 5.36. The summed E-state index contributed by atoms with van der Waals surface area (Å²) in [5.41, 5.74) is 2.58. The van der Waals surface area contributed by atoms with Gasteiger partial charge < -0.3 is 4.90 Å². The van der Waals surface area contributed by atoms with Crippen LogP contribution in [0, 0.1) is 5.41 Å². The summed E-state index contributed by atoms with van der Waals surface area (Å²) in [6, 6.07) is 0. The van der Waals surface area contributed by atoms with Crippen LogP contribution in [0.3, 0.4) is 0 Å². The van der Waals surface area contributed by atoms with Gasteiger partial charge in [-0.2, -0.15) is 0 Å². The zero-order chi connectivity index (χ0) is 17.5. The van der Waals surface area contributed by atoms with Crippen molar-refractivity contribution in [1.82, 2.24) is 4.90 Å². The van der Waals surface area contributed by atoms with Gasteiger partial charge in [-0.3, -0.25) is 0 Å². The van der Waals surface area contributed by atoms with Crippen LogP contribution in [0.2, 0.25) is 0 Å². The zero-order valence-corrected chi connectivity index (χ0v) is 16.3. The molecule has 0 aromatic rings. The molecule has 0 bridgehead atoms. The van der Waals surface area contributed by atoms with Crippen LogP contribution in [-0.4, -0.2) is 18.5 Å². The quantitative estimate of drug-likeness (QED) is 0.443. The number of nitrogens with zero attached hydrogens (tertiary/aromatic N) is 1. The summed E-state index contributed by atoms with van der Waals surface area (Å²) in [7, 11) is 2.11. The van der Waals surface area contributed by atoms with Crippen LogP contribution in [-0.2, 0) is 0 Å². The standard InChI is InChI=1S/C16H29N.2C2H6/c1-8-16(6,9-2)12-13-17(7)15(5)11-10-14(3)4;2*1-2/h10-11H,3,5,8-9,12-13H2,1-2,4,6-7H3;2*1-2H3/b11-10-;;. The van der Waals surface area contributed by atoms with E-state index in [4.69, 9.17) is 0 Å². The predicted molar refractivity (Wildman–Crippen MR) is 102 cm³/mol. The maximum Gasteiger partial charge on any atom is 0.0290 e. The Bertz CT molecular complexity index is 282. The molecule has 0 aliphatic heterocycles. The zero-order valence-electron chi connectivity index (χ0n) is 16.3. The van der Waals surface area contributed by atoms with Gasteiger partial charge in [0.25, 0.3) is 0 Å². The van der Waals surface area contributed by atoms with Crippen LogP contribution >= 0.6 is 0 Å². The van der Waals surface area contributed by atoms with Crippen LogP contribution in [0.15, 0.2) is 36.6 Å². The van der Waals surface area contributed by atoms with Crippen LogP contribution in [0.5, 0.6) is 0 Å². The van der Waals surface area contributed by atoms with E-state index in [2.05, 4.69) is 45.9 Å². The highest BCUT2D eigenvalue weighted by atomic mass is 15.1. The van der Waals surface area contributed by atoms with Crippen molar-refractivity contribution < 1.29 is 0 Å². The van der Waals surface area contributed by atoms with E-state index in [0.717, 1.165) is 17.8 Å². The van der Waals surface area contributed by atoms with E-state index in [1.165, 1.54) is 19.3 Å². The van der Waals surface area contributed by atoms with Gasteiger partial charge in [-0.15, -0.1) is 0 Å².